The van der Waals surface area contributed by atoms with Crippen molar-refractivity contribution in [2.75, 3.05) is 0 Å². The molecule has 1 aromatic carbocycles. The zero-order chi connectivity index (χ0) is 13.4. The molecule has 0 spiro atoms. The number of fused-ring (bicyclic) bond motifs is 1. The van der Waals surface area contributed by atoms with Gasteiger partial charge in [-0.2, -0.15) is 0 Å². The fourth-order valence-corrected chi connectivity index (χ4v) is 3.01. The lowest BCUT2D eigenvalue weighted by atomic mass is 10.0. The van der Waals surface area contributed by atoms with Crippen LogP contribution in [0.15, 0.2) is 58.5 Å². The second kappa shape index (κ2) is 4.55. The van der Waals surface area contributed by atoms with E-state index in [4.69, 9.17) is 0 Å². The van der Waals surface area contributed by atoms with E-state index in [1.165, 1.54) is 17.8 Å². The maximum absolute atomic E-state index is 12.3. The number of ketones is 2. The summed E-state index contributed by atoms with van der Waals surface area (Å²) in [6.45, 7) is 0. The summed E-state index contributed by atoms with van der Waals surface area (Å²) in [6.07, 6.45) is 3.17. The standard InChI is InChI=1S/C15H11NO2S/c1-16-8-7-11-14(16)12(17)9-13(15(11)18)19-10-5-3-2-4-6-10/h2-9H,1H3. The highest BCUT2D eigenvalue weighted by Crippen LogP contribution is 2.33. The Balaban J connectivity index is 1.97. The van der Waals surface area contributed by atoms with Gasteiger partial charge in [-0.05, 0) is 18.2 Å². The number of Topliss-reactive ketones (excluding diaryl/α,β-unsaturated/α-hetero) is 1. The van der Waals surface area contributed by atoms with Gasteiger partial charge in [-0.25, -0.2) is 0 Å². The molecule has 2 aromatic rings. The monoisotopic (exact) mass is 269 g/mol. The van der Waals surface area contributed by atoms with E-state index in [0.29, 0.717) is 16.2 Å². The van der Waals surface area contributed by atoms with Crippen LogP contribution < -0.4 is 0 Å². The Hall–Kier alpha value is -2.07. The van der Waals surface area contributed by atoms with Gasteiger partial charge in [-0.15, -0.1) is 0 Å². The van der Waals surface area contributed by atoms with Crippen LogP contribution in [-0.2, 0) is 7.05 Å². The molecule has 0 atom stereocenters. The number of allylic oxidation sites excluding steroid dienone is 2. The molecule has 0 saturated heterocycles. The summed E-state index contributed by atoms with van der Waals surface area (Å²) < 4.78 is 1.69. The Kier molecular flexibility index (Phi) is 2.87. The van der Waals surface area contributed by atoms with Crippen LogP contribution in [-0.4, -0.2) is 16.1 Å². The number of carbonyl (C=O) groups excluding carboxylic acids is 2. The maximum Gasteiger partial charge on any atom is 0.204 e. The van der Waals surface area contributed by atoms with Crippen LogP contribution in [0, 0.1) is 0 Å². The lowest BCUT2D eigenvalue weighted by molar-refractivity contribution is 0.0986. The highest BCUT2D eigenvalue weighted by Gasteiger charge is 2.28. The van der Waals surface area contributed by atoms with E-state index in [1.54, 1.807) is 23.9 Å². The van der Waals surface area contributed by atoms with E-state index < -0.39 is 0 Å². The van der Waals surface area contributed by atoms with E-state index in [2.05, 4.69) is 0 Å². The minimum atomic E-state index is -0.111. The Bertz CT molecular complexity index is 698. The molecule has 3 rings (SSSR count). The molecule has 0 saturated carbocycles. The molecule has 1 heterocycles. The summed E-state index contributed by atoms with van der Waals surface area (Å²) in [5.41, 5.74) is 0.968. The van der Waals surface area contributed by atoms with E-state index in [9.17, 15) is 9.59 Å². The van der Waals surface area contributed by atoms with Crippen molar-refractivity contribution in [3.8, 4) is 0 Å². The molecular formula is C15H11NO2S. The summed E-state index contributed by atoms with van der Waals surface area (Å²) in [6, 6.07) is 11.3. The summed E-state index contributed by atoms with van der Waals surface area (Å²) in [7, 11) is 1.77. The number of hydrogen-bond acceptors (Lipinski definition) is 3. The molecule has 19 heavy (non-hydrogen) atoms. The third-order valence-corrected chi connectivity index (χ3v) is 4.04. The quantitative estimate of drug-likeness (QED) is 0.841. The first-order valence-electron chi connectivity index (χ1n) is 5.86. The number of thioether (sulfide) groups is 1. The zero-order valence-corrected chi connectivity index (χ0v) is 11.1. The van der Waals surface area contributed by atoms with Gasteiger partial charge in [0.25, 0.3) is 0 Å². The first-order valence-corrected chi connectivity index (χ1v) is 6.67. The van der Waals surface area contributed by atoms with Gasteiger partial charge in [0.15, 0.2) is 0 Å². The molecule has 1 aliphatic rings. The van der Waals surface area contributed by atoms with Crippen molar-refractivity contribution in [1.82, 2.24) is 4.57 Å². The van der Waals surface area contributed by atoms with Crippen LogP contribution in [0.5, 0.6) is 0 Å². The molecule has 0 amide bonds. The first kappa shape index (κ1) is 12.0. The van der Waals surface area contributed by atoms with Crippen molar-refractivity contribution in [2.24, 2.45) is 7.05 Å². The molecule has 0 N–H and O–H groups in total. The number of aromatic nitrogens is 1. The van der Waals surface area contributed by atoms with Crippen molar-refractivity contribution >= 4 is 23.3 Å². The number of hydrogen-bond donors (Lipinski definition) is 0. The summed E-state index contributed by atoms with van der Waals surface area (Å²) in [4.78, 5) is 25.8. The van der Waals surface area contributed by atoms with E-state index >= 15 is 0 Å². The van der Waals surface area contributed by atoms with Gasteiger partial charge in [0, 0.05) is 24.2 Å². The van der Waals surface area contributed by atoms with Gasteiger partial charge >= 0.3 is 0 Å². The Morgan fingerprint density at radius 2 is 1.79 bits per heavy atom. The molecule has 0 fully saturated rings. The van der Waals surface area contributed by atoms with Gasteiger partial charge in [-0.1, -0.05) is 30.0 Å². The molecule has 94 valence electrons. The van der Waals surface area contributed by atoms with Gasteiger partial charge < -0.3 is 4.57 Å². The molecule has 1 aliphatic carbocycles. The minimum Gasteiger partial charge on any atom is -0.347 e. The predicted octanol–water partition coefficient (Wildman–Crippen LogP) is 3.08. The second-order valence-corrected chi connectivity index (χ2v) is 5.42. The Labute approximate surface area is 114 Å². The molecule has 1 aromatic heterocycles. The van der Waals surface area contributed by atoms with Crippen LogP contribution in [0.2, 0.25) is 0 Å². The number of aryl methyl sites for hydroxylation is 1. The summed E-state index contributed by atoms with van der Waals surface area (Å²) in [5, 5.41) is 0. The molecule has 0 bridgehead atoms. The molecule has 4 heteroatoms. The smallest absolute Gasteiger partial charge is 0.204 e. The number of nitrogens with zero attached hydrogens (tertiary/aromatic N) is 1. The first-order chi connectivity index (χ1) is 9.16. The maximum atomic E-state index is 12.3. The minimum absolute atomic E-state index is 0.0796. The number of benzene rings is 1. The van der Waals surface area contributed by atoms with Crippen molar-refractivity contribution in [2.45, 2.75) is 4.90 Å². The van der Waals surface area contributed by atoms with Gasteiger partial charge in [0.2, 0.25) is 11.6 Å². The van der Waals surface area contributed by atoms with E-state index in [1.807, 2.05) is 30.3 Å². The molecule has 0 radical (unpaired) electrons. The Morgan fingerprint density at radius 1 is 1.05 bits per heavy atom. The zero-order valence-electron chi connectivity index (χ0n) is 10.3. The SMILES string of the molecule is Cn1ccc2c1C(=O)C=C(Sc1ccccc1)C2=O. The largest absolute Gasteiger partial charge is 0.347 e. The van der Waals surface area contributed by atoms with E-state index in [0.717, 1.165) is 4.90 Å². The number of rotatable bonds is 2. The van der Waals surface area contributed by atoms with E-state index in [-0.39, 0.29) is 11.6 Å². The van der Waals surface area contributed by atoms with Crippen molar-refractivity contribution in [1.29, 1.82) is 0 Å². The van der Waals surface area contributed by atoms with Crippen molar-refractivity contribution < 1.29 is 9.59 Å². The van der Waals surface area contributed by atoms with Crippen LogP contribution in [0.1, 0.15) is 20.8 Å². The molecule has 0 aliphatic heterocycles. The van der Waals surface area contributed by atoms with Gasteiger partial charge in [0.1, 0.15) is 0 Å². The van der Waals surface area contributed by atoms with Crippen LogP contribution in [0.3, 0.4) is 0 Å². The highest BCUT2D eigenvalue weighted by molar-refractivity contribution is 8.04. The highest BCUT2D eigenvalue weighted by atomic mass is 32.2. The molecule has 0 unspecified atom stereocenters. The van der Waals surface area contributed by atoms with Crippen LogP contribution >= 0.6 is 11.8 Å². The van der Waals surface area contributed by atoms with Crippen LogP contribution in [0.25, 0.3) is 0 Å². The molecular weight excluding hydrogens is 258 g/mol. The third-order valence-electron chi connectivity index (χ3n) is 3.01. The summed E-state index contributed by atoms with van der Waals surface area (Å²) >= 11 is 1.33. The van der Waals surface area contributed by atoms with Gasteiger partial charge in [-0.3, -0.25) is 9.59 Å². The lowest BCUT2D eigenvalue weighted by Gasteiger charge is -2.12. The molecule has 3 nitrogen and oxygen atoms in total. The average molecular weight is 269 g/mol. The average Bonchev–Trinajstić information content (AvgIpc) is 2.80. The third kappa shape index (κ3) is 2.04. The summed E-state index contributed by atoms with van der Waals surface area (Å²) in [5.74, 6) is -0.190. The predicted molar refractivity (Wildman–Crippen MR) is 74.5 cm³/mol. The number of carbonyl (C=O) groups is 2. The van der Waals surface area contributed by atoms with Crippen molar-refractivity contribution in [3.05, 3.63) is 64.8 Å². The fourth-order valence-electron chi connectivity index (χ4n) is 2.10. The van der Waals surface area contributed by atoms with Gasteiger partial charge in [0.05, 0.1) is 16.2 Å². The van der Waals surface area contributed by atoms with Crippen molar-refractivity contribution in [3.63, 3.8) is 0 Å². The second-order valence-electron chi connectivity index (χ2n) is 4.31. The van der Waals surface area contributed by atoms with Crippen LogP contribution in [0.4, 0.5) is 0 Å². The fraction of sp³-hybridized carbons (Fsp3) is 0.0667. The normalized spacial score (nSPS) is 14.3. The lowest BCUT2D eigenvalue weighted by Crippen LogP contribution is -2.16. The topological polar surface area (TPSA) is 39.1 Å². The Morgan fingerprint density at radius 3 is 2.53 bits per heavy atom.